The van der Waals surface area contributed by atoms with Crippen molar-refractivity contribution in [2.45, 2.75) is 44.6 Å². The Balaban J connectivity index is 1.26. The zero-order chi connectivity index (χ0) is 28.0. The van der Waals surface area contributed by atoms with Crippen molar-refractivity contribution in [2.75, 3.05) is 79.0 Å². The summed E-state index contributed by atoms with van der Waals surface area (Å²) in [5.74, 6) is -0.836. The van der Waals surface area contributed by atoms with Crippen LogP contribution in [-0.2, 0) is 38.1 Å². The van der Waals surface area contributed by atoms with Gasteiger partial charge in [0, 0.05) is 38.2 Å². The van der Waals surface area contributed by atoms with Crippen LogP contribution < -0.4 is 10.6 Å². The molecule has 0 bridgehead atoms. The SMILES string of the molecule is O=C(CCN1C(=O)C=CC1=O)CNCCOCCOCCOCCOCCNC(=O)OC1CCC=CCCC1. The summed E-state index contributed by atoms with van der Waals surface area (Å²) in [4.78, 5) is 47.6. The van der Waals surface area contributed by atoms with Crippen molar-refractivity contribution in [2.24, 2.45) is 0 Å². The van der Waals surface area contributed by atoms with E-state index < -0.39 is 6.09 Å². The predicted octanol–water partition coefficient (Wildman–Crippen LogP) is 1.14. The molecule has 0 saturated carbocycles. The molecule has 39 heavy (non-hydrogen) atoms. The van der Waals surface area contributed by atoms with E-state index in [4.69, 9.17) is 23.7 Å². The van der Waals surface area contributed by atoms with Crippen LogP contribution in [0.25, 0.3) is 0 Å². The highest BCUT2D eigenvalue weighted by molar-refractivity contribution is 6.13. The summed E-state index contributed by atoms with van der Waals surface area (Å²) in [6, 6.07) is 0. The van der Waals surface area contributed by atoms with Crippen molar-refractivity contribution in [3.8, 4) is 0 Å². The van der Waals surface area contributed by atoms with Crippen molar-refractivity contribution in [1.82, 2.24) is 15.5 Å². The largest absolute Gasteiger partial charge is 0.446 e. The Bertz CT molecular complexity index is 785. The lowest BCUT2D eigenvalue weighted by Gasteiger charge is -2.18. The number of carbonyl (C=O) groups is 4. The Labute approximate surface area is 230 Å². The molecule has 220 valence electrons. The summed E-state index contributed by atoms with van der Waals surface area (Å²) in [7, 11) is 0. The molecule has 2 N–H and O–H groups in total. The summed E-state index contributed by atoms with van der Waals surface area (Å²) in [6.45, 7) is 4.59. The van der Waals surface area contributed by atoms with E-state index in [1.165, 1.54) is 12.2 Å². The molecular formula is C27H43N3O9. The first-order valence-electron chi connectivity index (χ1n) is 13.7. The number of hydrogen-bond donors (Lipinski definition) is 2. The molecule has 0 spiro atoms. The number of Topliss-reactive ketones (excluding diaryl/α,β-unsaturated/α-hetero) is 1. The molecule has 2 aliphatic rings. The number of ketones is 1. The highest BCUT2D eigenvalue weighted by atomic mass is 16.6. The maximum absolute atomic E-state index is 11.9. The van der Waals surface area contributed by atoms with E-state index in [2.05, 4.69) is 22.8 Å². The summed E-state index contributed by atoms with van der Waals surface area (Å²) < 4.78 is 27.2. The van der Waals surface area contributed by atoms with Crippen LogP contribution in [0, 0.1) is 0 Å². The van der Waals surface area contributed by atoms with E-state index in [9.17, 15) is 19.2 Å². The van der Waals surface area contributed by atoms with Crippen LogP contribution in [0.1, 0.15) is 38.5 Å². The van der Waals surface area contributed by atoms with Gasteiger partial charge < -0.3 is 34.3 Å². The maximum Gasteiger partial charge on any atom is 0.407 e. The van der Waals surface area contributed by atoms with Gasteiger partial charge in [0.1, 0.15) is 11.9 Å². The molecule has 0 aromatic rings. The molecule has 1 atom stereocenters. The second-order valence-corrected chi connectivity index (χ2v) is 9.01. The lowest BCUT2D eigenvalue weighted by molar-refractivity contribution is -0.137. The fourth-order valence-electron chi connectivity index (χ4n) is 3.77. The molecule has 0 fully saturated rings. The molecular weight excluding hydrogens is 510 g/mol. The van der Waals surface area contributed by atoms with Crippen LogP contribution in [0.2, 0.25) is 0 Å². The molecule has 0 aromatic heterocycles. The lowest BCUT2D eigenvalue weighted by atomic mass is 10.0. The van der Waals surface area contributed by atoms with Gasteiger partial charge in [-0.25, -0.2) is 4.79 Å². The summed E-state index contributed by atoms with van der Waals surface area (Å²) in [5, 5.41) is 5.69. The smallest absolute Gasteiger partial charge is 0.407 e. The molecule has 3 amide bonds. The predicted molar refractivity (Wildman–Crippen MR) is 142 cm³/mol. The third kappa shape index (κ3) is 16.2. The molecule has 12 heteroatoms. The number of nitrogens with zero attached hydrogens (tertiary/aromatic N) is 1. The summed E-state index contributed by atoms with van der Waals surface area (Å²) in [5.41, 5.74) is 0. The zero-order valence-corrected chi connectivity index (χ0v) is 22.7. The zero-order valence-electron chi connectivity index (χ0n) is 22.7. The highest BCUT2D eigenvalue weighted by Crippen LogP contribution is 2.15. The van der Waals surface area contributed by atoms with Crippen molar-refractivity contribution in [3.63, 3.8) is 0 Å². The van der Waals surface area contributed by atoms with E-state index in [0.717, 1.165) is 37.0 Å². The second-order valence-electron chi connectivity index (χ2n) is 9.01. The minimum Gasteiger partial charge on any atom is -0.446 e. The van der Waals surface area contributed by atoms with Crippen molar-refractivity contribution < 1.29 is 42.9 Å². The third-order valence-corrected chi connectivity index (χ3v) is 5.88. The maximum atomic E-state index is 11.9. The Hall–Kier alpha value is -2.64. The number of allylic oxidation sites excluding steroid dienone is 2. The lowest BCUT2D eigenvalue weighted by Crippen LogP contribution is -2.34. The minimum absolute atomic E-state index is 0.0177. The van der Waals surface area contributed by atoms with Gasteiger partial charge in [-0.2, -0.15) is 0 Å². The number of amides is 3. The average Bonchev–Trinajstić information content (AvgIpc) is 3.22. The number of carbonyl (C=O) groups excluding carboxylic acids is 4. The van der Waals surface area contributed by atoms with Crippen molar-refractivity contribution >= 4 is 23.7 Å². The quantitative estimate of drug-likeness (QED) is 0.121. The average molecular weight is 554 g/mol. The Morgan fingerprint density at radius 1 is 0.795 bits per heavy atom. The van der Waals surface area contributed by atoms with Gasteiger partial charge >= 0.3 is 6.09 Å². The van der Waals surface area contributed by atoms with Crippen LogP contribution in [-0.4, -0.2) is 114 Å². The molecule has 2 rings (SSSR count). The monoisotopic (exact) mass is 553 g/mol. The Morgan fingerprint density at radius 3 is 2.05 bits per heavy atom. The number of imide groups is 1. The molecule has 1 heterocycles. The van der Waals surface area contributed by atoms with Crippen molar-refractivity contribution in [3.05, 3.63) is 24.3 Å². The Morgan fingerprint density at radius 2 is 1.38 bits per heavy atom. The molecule has 1 unspecified atom stereocenters. The topological polar surface area (TPSA) is 142 Å². The number of hydrogen-bond acceptors (Lipinski definition) is 10. The van der Waals surface area contributed by atoms with Gasteiger partial charge in [0.15, 0.2) is 0 Å². The summed E-state index contributed by atoms with van der Waals surface area (Å²) >= 11 is 0. The molecule has 0 aromatic carbocycles. The summed E-state index contributed by atoms with van der Waals surface area (Å²) in [6.07, 6.45) is 11.3. The number of alkyl carbamates (subject to hydrolysis) is 1. The second kappa shape index (κ2) is 21.2. The van der Waals surface area contributed by atoms with Crippen molar-refractivity contribution in [1.29, 1.82) is 0 Å². The number of rotatable bonds is 21. The van der Waals surface area contributed by atoms with Gasteiger partial charge in [0.05, 0.1) is 59.4 Å². The van der Waals surface area contributed by atoms with Crippen LogP contribution in [0.15, 0.2) is 24.3 Å². The third-order valence-electron chi connectivity index (χ3n) is 5.88. The fraction of sp³-hybridized carbons (Fsp3) is 0.704. The highest BCUT2D eigenvalue weighted by Gasteiger charge is 2.23. The van der Waals surface area contributed by atoms with Gasteiger partial charge in [0.2, 0.25) is 0 Å². The number of ether oxygens (including phenoxy) is 5. The first-order chi connectivity index (χ1) is 19.1. The minimum atomic E-state index is -0.391. The molecule has 1 aliphatic heterocycles. The van der Waals surface area contributed by atoms with Gasteiger partial charge in [-0.1, -0.05) is 12.2 Å². The van der Waals surface area contributed by atoms with Crippen LogP contribution >= 0.6 is 0 Å². The van der Waals surface area contributed by atoms with Gasteiger partial charge in [-0.15, -0.1) is 0 Å². The first-order valence-corrected chi connectivity index (χ1v) is 13.7. The molecule has 12 nitrogen and oxygen atoms in total. The normalized spacial score (nSPS) is 17.3. The van der Waals surface area contributed by atoms with Gasteiger partial charge in [-0.05, 0) is 32.1 Å². The Kier molecular flexibility index (Phi) is 17.7. The fourth-order valence-corrected chi connectivity index (χ4v) is 3.77. The molecule has 1 aliphatic carbocycles. The van der Waals surface area contributed by atoms with E-state index in [-0.39, 0.29) is 43.2 Å². The number of nitrogens with one attached hydrogen (secondary N) is 2. The first kappa shape index (κ1) is 32.6. The van der Waals surface area contributed by atoms with E-state index in [1.807, 2.05) is 0 Å². The van der Waals surface area contributed by atoms with E-state index >= 15 is 0 Å². The van der Waals surface area contributed by atoms with E-state index in [0.29, 0.717) is 65.9 Å². The standard InChI is InChI=1S/C27H43N3O9/c31-23(10-13-30-25(32)8-9-26(30)33)22-28-11-14-35-16-18-37-20-21-38-19-17-36-15-12-29-27(34)39-24-6-4-2-1-3-5-7-24/h1-2,8-9,24,28H,3-7,10-22H2,(H,29,34). The van der Waals surface area contributed by atoms with E-state index in [1.54, 1.807) is 0 Å². The van der Waals surface area contributed by atoms with Gasteiger partial charge in [-0.3, -0.25) is 19.3 Å². The molecule has 0 radical (unpaired) electrons. The van der Waals surface area contributed by atoms with Crippen LogP contribution in [0.3, 0.4) is 0 Å². The van der Waals surface area contributed by atoms with Crippen LogP contribution in [0.5, 0.6) is 0 Å². The van der Waals surface area contributed by atoms with Crippen LogP contribution in [0.4, 0.5) is 4.79 Å². The molecule has 0 saturated heterocycles. The van der Waals surface area contributed by atoms with Gasteiger partial charge in [0.25, 0.3) is 11.8 Å².